The molecule has 0 radical (unpaired) electrons. The molecule has 3 aromatic carbocycles. The summed E-state index contributed by atoms with van der Waals surface area (Å²) >= 11 is 0. The van der Waals surface area contributed by atoms with Gasteiger partial charge in [0.25, 0.3) is 0 Å². The van der Waals surface area contributed by atoms with Crippen LogP contribution in [0.4, 0.5) is 5.69 Å². The van der Waals surface area contributed by atoms with Crippen LogP contribution >= 0.6 is 0 Å². The van der Waals surface area contributed by atoms with E-state index in [4.69, 9.17) is 16.1 Å². The summed E-state index contributed by atoms with van der Waals surface area (Å²) in [5, 5.41) is 7.09. The van der Waals surface area contributed by atoms with E-state index in [-0.39, 0.29) is 5.78 Å². The molecular weight excluding hydrogens is 432 g/mol. The lowest BCUT2D eigenvalue weighted by molar-refractivity contribution is 0.101. The largest absolute Gasteiger partial charge is 0.383 e. The number of amidine groups is 1. The quantitative estimate of drug-likeness (QED) is 0.163. The molecule has 0 bridgehead atoms. The van der Waals surface area contributed by atoms with Crippen LogP contribution in [0.2, 0.25) is 0 Å². The van der Waals surface area contributed by atoms with E-state index in [1.807, 2.05) is 98.8 Å². The highest BCUT2D eigenvalue weighted by molar-refractivity contribution is 6.10. The minimum Gasteiger partial charge on any atom is -0.383 e. The predicted octanol–water partition coefficient (Wildman–Crippen LogP) is 6.55. The molecule has 0 heterocycles. The van der Waals surface area contributed by atoms with Crippen LogP contribution in [0, 0.1) is 5.41 Å². The van der Waals surface area contributed by atoms with E-state index in [0.717, 1.165) is 39.2 Å². The van der Waals surface area contributed by atoms with Gasteiger partial charge in [0.1, 0.15) is 5.84 Å². The third-order valence-electron chi connectivity index (χ3n) is 5.47. The fraction of sp³-hybridized carbons (Fsp3) is 0.133. The van der Waals surface area contributed by atoms with E-state index in [0.29, 0.717) is 17.9 Å². The third kappa shape index (κ3) is 6.81. The molecule has 0 saturated heterocycles. The Kier molecular flexibility index (Phi) is 8.79. The Morgan fingerprint density at radius 2 is 1.57 bits per heavy atom. The van der Waals surface area contributed by atoms with Crippen molar-refractivity contribution in [2.45, 2.75) is 20.8 Å². The Morgan fingerprint density at radius 1 is 0.886 bits per heavy atom. The molecule has 0 aliphatic heterocycles. The standard InChI is InChI=1S/C30H30N4O/c1-21(10-7-8-19-31)20-33-30(32)29-27(26-11-5-4-6-12-26)13-9-14-28(29)34-22(2)24-15-17-25(18-16-24)23(3)35/h4-19,31H,20H2,1-3H3,(H2,32,33)/b8-7-,21-10+,31-19?,34-22?. The van der Waals surface area contributed by atoms with Crippen molar-refractivity contribution in [1.82, 2.24) is 0 Å². The maximum absolute atomic E-state index is 11.6. The van der Waals surface area contributed by atoms with Crippen LogP contribution < -0.4 is 5.73 Å². The van der Waals surface area contributed by atoms with Crippen molar-refractivity contribution >= 4 is 29.2 Å². The number of nitrogens with two attached hydrogens (primary N) is 1. The van der Waals surface area contributed by atoms with Crippen molar-refractivity contribution in [1.29, 1.82) is 5.41 Å². The molecule has 0 saturated carbocycles. The van der Waals surface area contributed by atoms with Gasteiger partial charge in [-0.1, -0.05) is 84.5 Å². The highest BCUT2D eigenvalue weighted by atomic mass is 16.1. The van der Waals surface area contributed by atoms with E-state index in [1.54, 1.807) is 13.0 Å². The maximum Gasteiger partial charge on any atom is 0.159 e. The molecule has 0 aromatic heterocycles. The summed E-state index contributed by atoms with van der Waals surface area (Å²) in [4.78, 5) is 21.2. The number of rotatable bonds is 9. The van der Waals surface area contributed by atoms with Crippen LogP contribution in [-0.2, 0) is 0 Å². The molecule has 0 aliphatic rings. The molecule has 35 heavy (non-hydrogen) atoms. The van der Waals surface area contributed by atoms with Gasteiger partial charge in [0.05, 0.1) is 12.2 Å². The van der Waals surface area contributed by atoms with Gasteiger partial charge in [0, 0.05) is 23.1 Å². The minimum absolute atomic E-state index is 0.0330. The minimum atomic E-state index is 0.0330. The van der Waals surface area contributed by atoms with E-state index in [1.165, 1.54) is 6.21 Å². The average Bonchev–Trinajstić information content (AvgIpc) is 2.88. The average molecular weight is 463 g/mol. The van der Waals surface area contributed by atoms with Crippen molar-refractivity contribution < 1.29 is 4.79 Å². The smallest absolute Gasteiger partial charge is 0.159 e. The van der Waals surface area contributed by atoms with Gasteiger partial charge < -0.3 is 11.1 Å². The first-order valence-electron chi connectivity index (χ1n) is 11.4. The highest BCUT2D eigenvalue weighted by Gasteiger charge is 2.14. The number of benzene rings is 3. The number of aliphatic imine (C=N–C) groups is 2. The number of nitrogens with one attached hydrogen (secondary N) is 1. The van der Waals surface area contributed by atoms with Crippen molar-refractivity contribution in [2.75, 3.05) is 6.54 Å². The summed E-state index contributed by atoms with van der Waals surface area (Å²) < 4.78 is 0. The summed E-state index contributed by atoms with van der Waals surface area (Å²) in [5.74, 6) is 0.442. The lowest BCUT2D eigenvalue weighted by atomic mass is 9.97. The first-order valence-corrected chi connectivity index (χ1v) is 11.4. The number of hydrogen-bond donors (Lipinski definition) is 2. The van der Waals surface area contributed by atoms with Crippen LogP contribution in [0.15, 0.2) is 107 Å². The van der Waals surface area contributed by atoms with Gasteiger partial charge in [0.2, 0.25) is 0 Å². The van der Waals surface area contributed by atoms with E-state index >= 15 is 0 Å². The zero-order valence-corrected chi connectivity index (χ0v) is 20.3. The van der Waals surface area contributed by atoms with E-state index < -0.39 is 0 Å². The number of nitrogens with zero attached hydrogens (tertiary/aromatic N) is 2. The topological polar surface area (TPSA) is 91.7 Å². The molecule has 0 unspecified atom stereocenters. The molecule has 0 amide bonds. The number of allylic oxidation sites excluding steroid dienone is 3. The molecule has 3 aromatic rings. The summed E-state index contributed by atoms with van der Waals surface area (Å²) in [6, 6.07) is 23.4. The highest BCUT2D eigenvalue weighted by Crippen LogP contribution is 2.31. The van der Waals surface area contributed by atoms with Gasteiger partial charge in [-0.15, -0.1) is 0 Å². The monoisotopic (exact) mass is 462 g/mol. The summed E-state index contributed by atoms with van der Waals surface area (Å²) in [5.41, 5.74) is 13.5. The number of carbonyl (C=O) groups excluding carboxylic acids is 1. The number of carbonyl (C=O) groups is 1. The molecule has 0 aliphatic carbocycles. The fourth-order valence-electron chi connectivity index (χ4n) is 3.57. The zero-order chi connectivity index (χ0) is 25.2. The summed E-state index contributed by atoms with van der Waals surface area (Å²) in [6.45, 7) is 5.91. The second-order valence-corrected chi connectivity index (χ2v) is 8.16. The summed E-state index contributed by atoms with van der Waals surface area (Å²) in [7, 11) is 0. The molecule has 5 heteroatoms. The molecule has 0 atom stereocenters. The maximum atomic E-state index is 11.6. The van der Waals surface area contributed by atoms with E-state index in [2.05, 4.69) is 4.99 Å². The predicted molar refractivity (Wildman–Crippen MR) is 147 cm³/mol. The SMILES string of the molecule is CC(=O)c1ccc(C(C)=Nc2cccc(-c3ccccc3)c2C(N)=NC/C(C)=C/C=C\C=N)cc1. The third-order valence-corrected chi connectivity index (χ3v) is 5.47. The van der Waals surface area contributed by atoms with Crippen LogP contribution in [0.5, 0.6) is 0 Å². The van der Waals surface area contributed by atoms with Crippen molar-refractivity contribution in [3.8, 4) is 11.1 Å². The lowest BCUT2D eigenvalue weighted by Crippen LogP contribution is -2.16. The van der Waals surface area contributed by atoms with E-state index in [9.17, 15) is 4.79 Å². The Hall–Kier alpha value is -4.38. The van der Waals surface area contributed by atoms with Crippen LogP contribution in [0.1, 0.15) is 42.3 Å². The Morgan fingerprint density at radius 3 is 2.23 bits per heavy atom. The molecule has 176 valence electrons. The Bertz CT molecular complexity index is 1310. The first-order chi connectivity index (χ1) is 16.9. The number of Topliss-reactive ketones (excluding diaryl/α,β-unsaturated/α-hetero) is 1. The number of hydrogen-bond acceptors (Lipinski definition) is 4. The molecule has 3 N–H and O–H groups in total. The van der Waals surface area contributed by atoms with Gasteiger partial charge in [-0.2, -0.15) is 0 Å². The molecular formula is C30H30N4O. The second kappa shape index (κ2) is 12.2. The van der Waals surface area contributed by atoms with Crippen molar-refractivity contribution in [2.24, 2.45) is 15.7 Å². The fourth-order valence-corrected chi connectivity index (χ4v) is 3.57. The van der Waals surface area contributed by atoms with Gasteiger partial charge in [-0.25, -0.2) is 0 Å². The molecule has 0 spiro atoms. The molecule has 5 nitrogen and oxygen atoms in total. The van der Waals surface area contributed by atoms with Crippen molar-refractivity contribution in [3.05, 3.63) is 113 Å². The van der Waals surface area contributed by atoms with Crippen LogP contribution in [0.25, 0.3) is 11.1 Å². The molecule has 3 rings (SSSR count). The lowest BCUT2D eigenvalue weighted by Gasteiger charge is -2.14. The molecule has 0 fully saturated rings. The van der Waals surface area contributed by atoms with Gasteiger partial charge in [-0.05, 0) is 49.6 Å². The Balaban J connectivity index is 2.07. The normalized spacial score (nSPS) is 12.7. The van der Waals surface area contributed by atoms with Crippen LogP contribution in [0.3, 0.4) is 0 Å². The second-order valence-electron chi connectivity index (χ2n) is 8.16. The van der Waals surface area contributed by atoms with Gasteiger partial charge in [-0.3, -0.25) is 14.8 Å². The zero-order valence-electron chi connectivity index (χ0n) is 20.3. The first kappa shape index (κ1) is 25.2. The summed E-state index contributed by atoms with van der Waals surface area (Å²) in [6.07, 6.45) is 6.61. The number of ketones is 1. The van der Waals surface area contributed by atoms with Gasteiger partial charge in [0.15, 0.2) is 5.78 Å². The Labute approximate surface area is 207 Å². The van der Waals surface area contributed by atoms with Gasteiger partial charge >= 0.3 is 0 Å². The van der Waals surface area contributed by atoms with Crippen LogP contribution in [-0.4, -0.2) is 30.1 Å². The van der Waals surface area contributed by atoms with Crippen molar-refractivity contribution in [3.63, 3.8) is 0 Å².